The molecule has 4 rings (SSSR count). The Balaban J connectivity index is 1.35. The largest absolute Gasteiger partial charge is 0.497 e. The highest BCUT2D eigenvalue weighted by atomic mass is 32.1. The Morgan fingerprint density at radius 1 is 1.17 bits per heavy atom. The van der Waals surface area contributed by atoms with Crippen molar-refractivity contribution in [2.45, 2.75) is 31.9 Å². The van der Waals surface area contributed by atoms with Crippen LogP contribution in [0.4, 0.5) is 4.39 Å². The molecule has 0 bridgehead atoms. The maximum Gasteiger partial charge on any atom is 0.229 e. The Morgan fingerprint density at radius 3 is 2.63 bits per heavy atom. The molecule has 1 amide bonds. The van der Waals surface area contributed by atoms with E-state index in [1.54, 1.807) is 19.2 Å². The molecular weight excluding hydrogens is 403 g/mol. The number of thiazole rings is 1. The molecule has 0 unspecified atom stereocenters. The van der Waals surface area contributed by atoms with E-state index in [0.29, 0.717) is 12.4 Å². The summed E-state index contributed by atoms with van der Waals surface area (Å²) in [6.45, 7) is 1.06. The second kappa shape index (κ2) is 9.26. The van der Waals surface area contributed by atoms with E-state index in [9.17, 15) is 9.18 Å². The lowest BCUT2D eigenvalue weighted by molar-refractivity contribution is -0.131. The summed E-state index contributed by atoms with van der Waals surface area (Å²) in [4.78, 5) is 19.4. The highest BCUT2D eigenvalue weighted by Crippen LogP contribution is 2.33. The van der Waals surface area contributed by atoms with Crippen LogP contribution >= 0.6 is 11.3 Å². The van der Waals surface area contributed by atoms with Crippen LogP contribution in [-0.2, 0) is 17.8 Å². The summed E-state index contributed by atoms with van der Waals surface area (Å²) >= 11 is 1.46. The molecule has 3 aromatic rings. The highest BCUT2D eigenvalue weighted by Gasteiger charge is 2.30. The van der Waals surface area contributed by atoms with Crippen molar-refractivity contribution in [1.29, 1.82) is 0 Å². The topological polar surface area (TPSA) is 51.7 Å². The number of carbonyl (C=O) groups excluding carboxylic acids is 1. The number of ether oxygens (including phenoxy) is 2. The lowest BCUT2D eigenvalue weighted by Gasteiger charge is -2.25. The van der Waals surface area contributed by atoms with Crippen molar-refractivity contribution in [3.8, 4) is 11.5 Å². The van der Waals surface area contributed by atoms with Crippen LogP contribution < -0.4 is 9.47 Å². The van der Waals surface area contributed by atoms with Gasteiger partial charge in [-0.25, -0.2) is 9.37 Å². The molecule has 1 aliphatic heterocycles. The molecule has 1 atom stereocenters. The van der Waals surface area contributed by atoms with Gasteiger partial charge < -0.3 is 14.4 Å². The molecule has 0 aliphatic carbocycles. The molecule has 1 saturated heterocycles. The first kappa shape index (κ1) is 20.3. The SMILES string of the molecule is COc1ccc([C@H]2CCCN2C(=O)Cc2csc(COc3ccc(F)cc3)n2)cc1. The zero-order chi connectivity index (χ0) is 20.9. The molecule has 2 heterocycles. The first-order chi connectivity index (χ1) is 14.6. The highest BCUT2D eigenvalue weighted by molar-refractivity contribution is 7.09. The molecule has 0 spiro atoms. The van der Waals surface area contributed by atoms with Crippen molar-refractivity contribution in [1.82, 2.24) is 9.88 Å². The van der Waals surface area contributed by atoms with E-state index >= 15 is 0 Å². The van der Waals surface area contributed by atoms with Crippen molar-refractivity contribution in [2.24, 2.45) is 0 Å². The van der Waals surface area contributed by atoms with Crippen LogP contribution in [0.3, 0.4) is 0 Å². The van der Waals surface area contributed by atoms with Crippen LogP contribution in [0.1, 0.15) is 35.1 Å². The number of nitrogens with zero attached hydrogens (tertiary/aromatic N) is 2. The number of likely N-dealkylation sites (tertiary alicyclic amines) is 1. The van der Waals surface area contributed by atoms with Gasteiger partial charge >= 0.3 is 0 Å². The van der Waals surface area contributed by atoms with Crippen LogP contribution in [0.25, 0.3) is 0 Å². The van der Waals surface area contributed by atoms with Gasteiger partial charge in [0.15, 0.2) is 0 Å². The fourth-order valence-corrected chi connectivity index (χ4v) is 4.37. The smallest absolute Gasteiger partial charge is 0.229 e. The minimum Gasteiger partial charge on any atom is -0.497 e. The molecule has 1 fully saturated rings. The Labute approximate surface area is 179 Å². The molecular formula is C23H23FN2O3S. The summed E-state index contributed by atoms with van der Waals surface area (Å²) in [6, 6.07) is 13.9. The average Bonchev–Trinajstić information content (AvgIpc) is 3.43. The summed E-state index contributed by atoms with van der Waals surface area (Å²) in [5, 5.41) is 2.69. The van der Waals surface area contributed by atoms with E-state index < -0.39 is 0 Å². The molecule has 0 radical (unpaired) electrons. The molecule has 0 N–H and O–H groups in total. The molecule has 30 heavy (non-hydrogen) atoms. The molecule has 1 aliphatic rings. The molecule has 7 heteroatoms. The lowest BCUT2D eigenvalue weighted by Crippen LogP contribution is -2.31. The third kappa shape index (κ3) is 4.79. The Morgan fingerprint density at radius 2 is 1.90 bits per heavy atom. The summed E-state index contributed by atoms with van der Waals surface area (Å²) in [6.07, 6.45) is 2.24. The van der Waals surface area contributed by atoms with Gasteiger partial charge in [0.25, 0.3) is 0 Å². The number of aromatic nitrogens is 1. The van der Waals surface area contributed by atoms with Crippen molar-refractivity contribution in [3.05, 3.63) is 76.0 Å². The second-order valence-electron chi connectivity index (χ2n) is 7.17. The van der Waals surface area contributed by atoms with Crippen LogP contribution in [0.2, 0.25) is 0 Å². The number of methoxy groups -OCH3 is 1. The number of hydrogen-bond donors (Lipinski definition) is 0. The monoisotopic (exact) mass is 426 g/mol. The van der Waals surface area contributed by atoms with Crippen molar-refractivity contribution in [3.63, 3.8) is 0 Å². The second-order valence-corrected chi connectivity index (χ2v) is 8.11. The van der Waals surface area contributed by atoms with E-state index in [4.69, 9.17) is 9.47 Å². The van der Waals surface area contributed by atoms with Gasteiger partial charge in [0.05, 0.1) is 25.3 Å². The molecule has 2 aromatic carbocycles. The van der Waals surface area contributed by atoms with Crippen LogP contribution in [0.15, 0.2) is 53.9 Å². The van der Waals surface area contributed by atoms with Crippen molar-refractivity contribution in [2.75, 3.05) is 13.7 Å². The number of hydrogen-bond acceptors (Lipinski definition) is 5. The average molecular weight is 427 g/mol. The maximum atomic E-state index is 13.0. The van der Waals surface area contributed by atoms with Gasteiger partial charge in [-0.15, -0.1) is 11.3 Å². The van der Waals surface area contributed by atoms with E-state index in [1.165, 1.54) is 23.5 Å². The van der Waals surface area contributed by atoms with Gasteiger partial charge in [0.1, 0.15) is 28.9 Å². The number of halogens is 1. The fraction of sp³-hybridized carbons (Fsp3) is 0.304. The number of benzene rings is 2. The van der Waals surface area contributed by atoms with Crippen LogP contribution in [0.5, 0.6) is 11.5 Å². The van der Waals surface area contributed by atoms with E-state index in [0.717, 1.165) is 41.4 Å². The zero-order valence-electron chi connectivity index (χ0n) is 16.7. The zero-order valence-corrected chi connectivity index (χ0v) is 17.5. The van der Waals surface area contributed by atoms with Gasteiger partial charge in [-0.3, -0.25) is 4.79 Å². The standard InChI is InChI=1S/C23H23FN2O3S/c1-28-19-8-4-16(5-9-19)21-3-2-12-26(21)23(27)13-18-15-30-22(25-18)14-29-20-10-6-17(24)7-11-20/h4-11,15,21H,2-3,12-14H2,1H3/t21-/m1/s1. The molecule has 1 aromatic heterocycles. The fourth-order valence-electron chi connectivity index (χ4n) is 3.67. The Bertz CT molecular complexity index is 988. The third-order valence-corrected chi connectivity index (χ3v) is 6.05. The molecule has 0 saturated carbocycles. The van der Waals surface area contributed by atoms with Gasteiger partial charge in [0.2, 0.25) is 5.91 Å². The van der Waals surface area contributed by atoms with Gasteiger partial charge in [-0.05, 0) is 54.8 Å². The number of rotatable bonds is 7. The first-order valence-corrected chi connectivity index (χ1v) is 10.8. The van der Waals surface area contributed by atoms with Gasteiger partial charge in [-0.1, -0.05) is 12.1 Å². The van der Waals surface area contributed by atoms with E-state index in [-0.39, 0.29) is 24.2 Å². The van der Waals surface area contributed by atoms with Gasteiger partial charge in [0, 0.05) is 11.9 Å². The Kier molecular flexibility index (Phi) is 6.28. The predicted octanol–water partition coefficient (Wildman–Crippen LogP) is 4.78. The molecule has 5 nitrogen and oxygen atoms in total. The number of carbonyl (C=O) groups is 1. The van der Waals surface area contributed by atoms with Gasteiger partial charge in [-0.2, -0.15) is 0 Å². The minimum absolute atomic E-state index is 0.0876. The quantitative estimate of drug-likeness (QED) is 0.546. The lowest BCUT2D eigenvalue weighted by atomic mass is 10.0. The van der Waals surface area contributed by atoms with Crippen LogP contribution in [0, 0.1) is 5.82 Å². The van der Waals surface area contributed by atoms with E-state index in [1.807, 2.05) is 34.5 Å². The van der Waals surface area contributed by atoms with Crippen molar-refractivity contribution < 1.29 is 18.7 Å². The van der Waals surface area contributed by atoms with E-state index in [2.05, 4.69) is 4.98 Å². The maximum absolute atomic E-state index is 13.0. The number of amides is 1. The predicted molar refractivity (Wildman–Crippen MR) is 113 cm³/mol. The third-order valence-electron chi connectivity index (χ3n) is 5.18. The normalized spacial score (nSPS) is 15.9. The first-order valence-electron chi connectivity index (χ1n) is 9.87. The summed E-state index contributed by atoms with van der Waals surface area (Å²) < 4.78 is 23.8. The van der Waals surface area contributed by atoms with Crippen molar-refractivity contribution >= 4 is 17.2 Å². The summed E-state index contributed by atoms with van der Waals surface area (Å²) in [5.41, 5.74) is 1.89. The molecule has 156 valence electrons. The summed E-state index contributed by atoms with van der Waals surface area (Å²) in [5.74, 6) is 1.19. The van der Waals surface area contributed by atoms with Crippen LogP contribution in [-0.4, -0.2) is 29.4 Å². The minimum atomic E-state index is -0.299. The Hall–Kier alpha value is -2.93. The summed E-state index contributed by atoms with van der Waals surface area (Å²) in [7, 11) is 1.65.